The minimum absolute atomic E-state index is 0.389. The van der Waals surface area contributed by atoms with Crippen LogP contribution >= 0.6 is 55.1 Å². The van der Waals surface area contributed by atoms with Gasteiger partial charge in [-0.2, -0.15) is 0 Å². The second kappa shape index (κ2) is 6.37. The molecule has 1 unspecified atom stereocenters. The molecule has 0 saturated carbocycles. The molecule has 0 aromatic heterocycles. The molecule has 0 radical (unpaired) electrons. The summed E-state index contributed by atoms with van der Waals surface area (Å²) in [5, 5.41) is 0.222. The van der Waals surface area contributed by atoms with Gasteiger partial charge in [-0.15, -0.1) is 11.6 Å². The van der Waals surface area contributed by atoms with Gasteiger partial charge >= 0.3 is 0 Å². The van der Waals surface area contributed by atoms with E-state index in [9.17, 15) is 0 Å². The molecular formula is C15H10Br2Cl2O2. The van der Waals surface area contributed by atoms with Crippen LogP contribution in [0.1, 0.15) is 16.5 Å². The van der Waals surface area contributed by atoms with E-state index >= 15 is 0 Å². The van der Waals surface area contributed by atoms with Gasteiger partial charge in [-0.1, -0.05) is 39.7 Å². The van der Waals surface area contributed by atoms with Crippen molar-refractivity contribution in [2.45, 2.75) is 5.38 Å². The van der Waals surface area contributed by atoms with Crippen molar-refractivity contribution in [2.24, 2.45) is 0 Å². The summed E-state index contributed by atoms with van der Waals surface area (Å²) >= 11 is 19.9. The summed E-state index contributed by atoms with van der Waals surface area (Å²) in [5.74, 6) is 1.43. The smallest absolute Gasteiger partial charge is 0.162 e. The van der Waals surface area contributed by atoms with Crippen molar-refractivity contribution in [2.75, 3.05) is 13.2 Å². The Hall–Kier alpha value is -0.420. The van der Waals surface area contributed by atoms with E-state index in [1.54, 1.807) is 0 Å². The molecule has 2 aromatic carbocycles. The molecule has 1 atom stereocenters. The minimum atomic E-state index is -0.389. The van der Waals surface area contributed by atoms with Crippen LogP contribution in [-0.4, -0.2) is 13.2 Å². The number of fused-ring (bicyclic) bond motifs is 1. The fourth-order valence-electron chi connectivity index (χ4n) is 2.16. The van der Waals surface area contributed by atoms with Crippen molar-refractivity contribution in [3.8, 4) is 11.5 Å². The summed E-state index contributed by atoms with van der Waals surface area (Å²) in [7, 11) is 0. The number of halogens is 4. The van der Waals surface area contributed by atoms with Crippen molar-refractivity contribution in [3.05, 3.63) is 55.4 Å². The highest BCUT2D eigenvalue weighted by atomic mass is 79.9. The van der Waals surface area contributed by atoms with Crippen LogP contribution in [-0.2, 0) is 0 Å². The molecule has 2 aromatic rings. The first-order valence-corrected chi connectivity index (χ1v) is 8.65. The van der Waals surface area contributed by atoms with Crippen LogP contribution < -0.4 is 9.47 Å². The Morgan fingerprint density at radius 1 is 0.952 bits per heavy atom. The van der Waals surface area contributed by atoms with E-state index in [1.165, 1.54) is 0 Å². The summed E-state index contributed by atoms with van der Waals surface area (Å²) in [6, 6.07) is 9.48. The Kier molecular flexibility index (Phi) is 4.69. The molecule has 0 bridgehead atoms. The molecule has 0 saturated heterocycles. The third-order valence-corrected chi connectivity index (χ3v) is 5.66. The lowest BCUT2D eigenvalue weighted by Crippen LogP contribution is -2.15. The lowest BCUT2D eigenvalue weighted by molar-refractivity contribution is 0.171. The van der Waals surface area contributed by atoms with Gasteiger partial charge < -0.3 is 9.47 Å². The number of alkyl halides is 1. The summed E-state index contributed by atoms with van der Waals surface area (Å²) < 4.78 is 12.9. The molecule has 0 aliphatic carbocycles. The Bertz CT molecular complexity index is 692. The van der Waals surface area contributed by atoms with Gasteiger partial charge in [0.1, 0.15) is 13.2 Å². The molecule has 1 aliphatic heterocycles. The van der Waals surface area contributed by atoms with Crippen molar-refractivity contribution < 1.29 is 9.47 Å². The lowest BCUT2D eigenvalue weighted by atomic mass is 10.0. The summed E-state index contributed by atoms with van der Waals surface area (Å²) in [6.45, 7) is 1.10. The average Bonchev–Trinajstić information content (AvgIpc) is 2.48. The summed E-state index contributed by atoms with van der Waals surface area (Å²) in [4.78, 5) is 0. The average molecular weight is 453 g/mol. The monoisotopic (exact) mass is 450 g/mol. The SMILES string of the molecule is Clc1c(Br)cccc1C(Cl)c1cc2c(cc1Br)OCCO2. The maximum Gasteiger partial charge on any atom is 0.162 e. The van der Waals surface area contributed by atoms with Crippen LogP contribution in [0, 0.1) is 0 Å². The van der Waals surface area contributed by atoms with E-state index in [2.05, 4.69) is 31.9 Å². The molecule has 3 rings (SSSR count). The summed E-state index contributed by atoms with van der Waals surface area (Å²) in [5.41, 5.74) is 1.73. The number of ether oxygens (including phenoxy) is 2. The second-order valence-electron chi connectivity index (χ2n) is 4.52. The molecule has 2 nitrogen and oxygen atoms in total. The van der Waals surface area contributed by atoms with E-state index in [-0.39, 0.29) is 5.38 Å². The maximum absolute atomic E-state index is 6.62. The first kappa shape index (κ1) is 15.5. The Morgan fingerprint density at radius 3 is 2.33 bits per heavy atom. The third kappa shape index (κ3) is 3.04. The van der Waals surface area contributed by atoms with Gasteiger partial charge in [0, 0.05) is 8.95 Å². The molecule has 1 aliphatic rings. The standard InChI is InChI=1S/C15H10Br2Cl2O2/c16-10-3-1-2-8(15(10)19)14(18)9-6-12-13(7-11(9)17)21-5-4-20-12/h1-3,6-7,14H,4-5H2. The lowest BCUT2D eigenvalue weighted by Gasteiger charge is -2.22. The normalized spacial score (nSPS) is 14.9. The van der Waals surface area contributed by atoms with Gasteiger partial charge in [0.05, 0.1) is 10.4 Å². The molecule has 6 heteroatoms. The van der Waals surface area contributed by atoms with E-state index in [1.807, 2.05) is 30.3 Å². The quantitative estimate of drug-likeness (QED) is 0.523. The zero-order valence-electron chi connectivity index (χ0n) is 10.7. The van der Waals surface area contributed by atoms with Gasteiger partial charge in [0.25, 0.3) is 0 Å². The Morgan fingerprint density at radius 2 is 1.62 bits per heavy atom. The molecule has 1 heterocycles. The van der Waals surface area contributed by atoms with E-state index < -0.39 is 0 Å². The fourth-order valence-corrected chi connectivity index (χ4v) is 3.88. The highest BCUT2D eigenvalue weighted by Crippen LogP contribution is 2.44. The van der Waals surface area contributed by atoms with E-state index in [4.69, 9.17) is 32.7 Å². The predicted octanol–water partition coefficient (Wildman–Crippen LogP) is 5.96. The van der Waals surface area contributed by atoms with Crippen molar-refractivity contribution in [1.29, 1.82) is 0 Å². The first-order valence-electron chi connectivity index (χ1n) is 6.25. The predicted molar refractivity (Wildman–Crippen MR) is 92.0 cm³/mol. The third-order valence-electron chi connectivity index (χ3n) is 3.19. The minimum Gasteiger partial charge on any atom is -0.486 e. The van der Waals surface area contributed by atoms with Crippen LogP contribution in [0.2, 0.25) is 5.02 Å². The van der Waals surface area contributed by atoms with Gasteiger partial charge in [0.15, 0.2) is 11.5 Å². The van der Waals surface area contributed by atoms with E-state index in [0.29, 0.717) is 24.0 Å². The highest BCUT2D eigenvalue weighted by molar-refractivity contribution is 9.10. The topological polar surface area (TPSA) is 18.5 Å². The van der Waals surface area contributed by atoms with Crippen LogP contribution in [0.25, 0.3) is 0 Å². The summed E-state index contributed by atoms with van der Waals surface area (Å²) in [6.07, 6.45) is 0. The molecule has 21 heavy (non-hydrogen) atoms. The fraction of sp³-hybridized carbons (Fsp3) is 0.200. The Labute approximate surface area is 149 Å². The maximum atomic E-state index is 6.62. The van der Waals surface area contributed by atoms with Gasteiger partial charge in [-0.25, -0.2) is 0 Å². The molecule has 0 N–H and O–H groups in total. The van der Waals surface area contributed by atoms with Gasteiger partial charge in [-0.05, 0) is 45.3 Å². The number of hydrogen-bond donors (Lipinski definition) is 0. The zero-order valence-corrected chi connectivity index (χ0v) is 15.4. The number of hydrogen-bond acceptors (Lipinski definition) is 2. The van der Waals surface area contributed by atoms with Crippen molar-refractivity contribution in [1.82, 2.24) is 0 Å². The molecule has 0 spiro atoms. The first-order chi connectivity index (χ1) is 10.1. The van der Waals surface area contributed by atoms with Crippen LogP contribution in [0.4, 0.5) is 0 Å². The number of rotatable bonds is 2. The van der Waals surface area contributed by atoms with Crippen LogP contribution in [0.3, 0.4) is 0 Å². The molecule has 0 fully saturated rings. The van der Waals surface area contributed by atoms with Gasteiger partial charge in [-0.3, -0.25) is 0 Å². The number of benzene rings is 2. The zero-order chi connectivity index (χ0) is 15.0. The molecule has 110 valence electrons. The van der Waals surface area contributed by atoms with Crippen molar-refractivity contribution >= 4 is 55.1 Å². The highest BCUT2D eigenvalue weighted by Gasteiger charge is 2.22. The van der Waals surface area contributed by atoms with Crippen LogP contribution in [0.5, 0.6) is 11.5 Å². The van der Waals surface area contributed by atoms with Gasteiger partial charge in [0.2, 0.25) is 0 Å². The van der Waals surface area contributed by atoms with E-state index in [0.717, 1.165) is 25.8 Å². The van der Waals surface area contributed by atoms with Crippen LogP contribution in [0.15, 0.2) is 39.3 Å². The second-order valence-corrected chi connectivity index (χ2v) is 7.05. The largest absolute Gasteiger partial charge is 0.486 e. The molecule has 0 amide bonds. The van der Waals surface area contributed by atoms with Crippen molar-refractivity contribution in [3.63, 3.8) is 0 Å². The molecular weight excluding hydrogens is 443 g/mol. The Balaban J connectivity index is 2.05.